The molecule has 0 aliphatic carbocycles. The van der Waals surface area contributed by atoms with Crippen LogP contribution in [0, 0.1) is 6.92 Å². The van der Waals surface area contributed by atoms with Crippen molar-refractivity contribution < 1.29 is 8.42 Å². The zero-order chi connectivity index (χ0) is 17.6. The van der Waals surface area contributed by atoms with Crippen molar-refractivity contribution in [2.45, 2.75) is 19.9 Å². The Morgan fingerprint density at radius 1 is 1.08 bits per heavy atom. The third kappa shape index (κ3) is 3.04. The maximum atomic E-state index is 11.7. The van der Waals surface area contributed by atoms with E-state index in [4.69, 9.17) is 5.14 Å². The molecule has 0 saturated heterocycles. The summed E-state index contributed by atoms with van der Waals surface area (Å²) in [7, 11) is -3.66. The summed E-state index contributed by atoms with van der Waals surface area (Å²) in [4.78, 5) is 4.46. The number of nitrogens with zero attached hydrogens (tertiary/aromatic N) is 2. The standard InChI is InChI=1S/C19H19N3O2S/c1-13-2-5-18-17(6-8-21-19(18)10-13)15-4-3-14-7-9-22(25(20,23)24)12-16(14)11-15/h2-6,8,10-11H,7,9,12H2,1H3,(H2,20,23,24). The van der Waals surface area contributed by atoms with Crippen LogP contribution in [0.25, 0.3) is 22.0 Å². The molecule has 4 rings (SSSR count). The fourth-order valence-electron chi connectivity index (χ4n) is 3.43. The summed E-state index contributed by atoms with van der Waals surface area (Å²) in [5, 5.41) is 6.38. The van der Waals surface area contributed by atoms with Crippen LogP contribution in [0.3, 0.4) is 0 Å². The average Bonchev–Trinajstić information content (AvgIpc) is 2.59. The van der Waals surface area contributed by atoms with E-state index in [2.05, 4.69) is 48.3 Å². The van der Waals surface area contributed by atoms with Gasteiger partial charge in [0.1, 0.15) is 0 Å². The van der Waals surface area contributed by atoms with Crippen LogP contribution < -0.4 is 5.14 Å². The molecule has 2 N–H and O–H groups in total. The Bertz CT molecular complexity index is 1080. The van der Waals surface area contributed by atoms with Gasteiger partial charge in [0.25, 0.3) is 10.2 Å². The van der Waals surface area contributed by atoms with Crippen molar-refractivity contribution in [1.29, 1.82) is 0 Å². The minimum absolute atomic E-state index is 0.324. The molecule has 1 aromatic heterocycles. The fourth-order valence-corrected chi connectivity index (χ4v) is 4.09. The molecule has 0 radical (unpaired) electrons. The first kappa shape index (κ1) is 16.2. The lowest BCUT2D eigenvalue weighted by Crippen LogP contribution is -2.40. The number of hydrogen-bond donors (Lipinski definition) is 1. The van der Waals surface area contributed by atoms with Gasteiger partial charge in [-0.25, -0.2) is 5.14 Å². The lowest BCUT2D eigenvalue weighted by atomic mass is 9.94. The molecular formula is C19H19N3O2S. The minimum atomic E-state index is -3.66. The number of benzene rings is 2. The second-order valence-corrected chi connectivity index (χ2v) is 8.04. The molecular weight excluding hydrogens is 334 g/mol. The molecule has 3 aromatic rings. The number of aromatic nitrogens is 1. The Hall–Kier alpha value is -2.28. The van der Waals surface area contributed by atoms with Gasteiger partial charge in [-0.15, -0.1) is 0 Å². The smallest absolute Gasteiger partial charge is 0.256 e. The van der Waals surface area contributed by atoms with Crippen LogP contribution >= 0.6 is 0 Å². The molecule has 0 spiro atoms. The third-order valence-electron chi connectivity index (χ3n) is 4.75. The van der Waals surface area contributed by atoms with Crippen LogP contribution in [-0.4, -0.2) is 24.3 Å². The summed E-state index contributed by atoms with van der Waals surface area (Å²) >= 11 is 0. The molecule has 5 nitrogen and oxygen atoms in total. The molecule has 0 unspecified atom stereocenters. The van der Waals surface area contributed by atoms with Crippen LogP contribution in [0.1, 0.15) is 16.7 Å². The predicted molar refractivity (Wildman–Crippen MR) is 99.1 cm³/mol. The molecule has 6 heteroatoms. The Kier molecular flexibility index (Phi) is 3.83. The molecule has 0 saturated carbocycles. The summed E-state index contributed by atoms with van der Waals surface area (Å²) in [6.07, 6.45) is 2.50. The normalized spacial score (nSPS) is 15.3. The lowest BCUT2D eigenvalue weighted by molar-refractivity contribution is 0.392. The van der Waals surface area contributed by atoms with Crippen LogP contribution in [0.4, 0.5) is 0 Å². The van der Waals surface area contributed by atoms with Gasteiger partial charge in [0.05, 0.1) is 5.52 Å². The molecule has 128 valence electrons. The van der Waals surface area contributed by atoms with E-state index >= 15 is 0 Å². The van der Waals surface area contributed by atoms with Gasteiger partial charge in [-0.2, -0.15) is 12.7 Å². The first-order valence-electron chi connectivity index (χ1n) is 8.17. The van der Waals surface area contributed by atoms with Crippen molar-refractivity contribution in [2.24, 2.45) is 5.14 Å². The maximum absolute atomic E-state index is 11.7. The quantitative estimate of drug-likeness (QED) is 0.770. The van der Waals surface area contributed by atoms with Crippen molar-refractivity contribution in [3.05, 3.63) is 65.4 Å². The zero-order valence-electron chi connectivity index (χ0n) is 13.9. The molecule has 1 aliphatic heterocycles. The largest absolute Gasteiger partial charge is 0.277 e. The summed E-state index contributed by atoms with van der Waals surface area (Å²) in [5.74, 6) is 0. The van der Waals surface area contributed by atoms with E-state index in [0.717, 1.165) is 27.6 Å². The van der Waals surface area contributed by atoms with Gasteiger partial charge in [0.2, 0.25) is 0 Å². The van der Waals surface area contributed by atoms with Crippen molar-refractivity contribution in [2.75, 3.05) is 6.54 Å². The van der Waals surface area contributed by atoms with E-state index in [1.54, 1.807) is 0 Å². The first-order chi connectivity index (χ1) is 11.9. The Morgan fingerprint density at radius 3 is 2.72 bits per heavy atom. The van der Waals surface area contributed by atoms with Crippen molar-refractivity contribution in [3.8, 4) is 11.1 Å². The molecule has 0 fully saturated rings. The van der Waals surface area contributed by atoms with Gasteiger partial charge in [-0.05, 0) is 59.4 Å². The molecule has 2 aromatic carbocycles. The lowest BCUT2D eigenvalue weighted by Gasteiger charge is -2.26. The molecule has 0 amide bonds. The van der Waals surface area contributed by atoms with Gasteiger partial charge in [-0.1, -0.05) is 24.3 Å². The number of fused-ring (bicyclic) bond motifs is 2. The Balaban J connectivity index is 1.81. The second-order valence-electron chi connectivity index (χ2n) is 6.49. The van der Waals surface area contributed by atoms with Crippen molar-refractivity contribution in [1.82, 2.24) is 9.29 Å². The molecule has 25 heavy (non-hydrogen) atoms. The highest BCUT2D eigenvalue weighted by molar-refractivity contribution is 7.86. The van der Waals surface area contributed by atoms with E-state index < -0.39 is 10.2 Å². The van der Waals surface area contributed by atoms with Gasteiger partial charge < -0.3 is 0 Å². The topological polar surface area (TPSA) is 76.3 Å². The predicted octanol–water partition coefficient (Wildman–Crippen LogP) is 2.77. The number of nitrogens with two attached hydrogens (primary N) is 1. The first-order valence-corrected chi connectivity index (χ1v) is 9.67. The summed E-state index contributed by atoms with van der Waals surface area (Å²) in [5.41, 5.74) is 6.48. The van der Waals surface area contributed by atoms with Gasteiger partial charge in [0, 0.05) is 24.7 Å². The highest BCUT2D eigenvalue weighted by Gasteiger charge is 2.24. The molecule has 0 atom stereocenters. The van der Waals surface area contributed by atoms with E-state index in [9.17, 15) is 8.42 Å². The monoisotopic (exact) mass is 353 g/mol. The fraction of sp³-hybridized carbons (Fsp3) is 0.211. The number of rotatable bonds is 2. The van der Waals surface area contributed by atoms with Crippen LogP contribution in [-0.2, 0) is 23.2 Å². The number of hydrogen-bond acceptors (Lipinski definition) is 3. The third-order valence-corrected chi connectivity index (χ3v) is 5.78. The highest BCUT2D eigenvalue weighted by Crippen LogP contribution is 2.31. The number of pyridine rings is 1. The molecule has 2 heterocycles. The Labute approximate surface area is 147 Å². The van der Waals surface area contributed by atoms with E-state index in [0.29, 0.717) is 19.5 Å². The van der Waals surface area contributed by atoms with Crippen LogP contribution in [0.5, 0.6) is 0 Å². The van der Waals surface area contributed by atoms with Crippen molar-refractivity contribution >= 4 is 21.1 Å². The van der Waals surface area contributed by atoms with Crippen LogP contribution in [0.2, 0.25) is 0 Å². The van der Waals surface area contributed by atoms with E-state index in [-0.39, 0.29) is 0 Å². The summed E-state index contributed by atoms with van der Waals surface area (Å²) in [6, 6.07) is 14.5. The van der Waals surface area contributed by atoms with E-state index in [1.165, 1.54) is 15.4 Å². The molecule has 0 bridgehead atoms. The second kappa shape index (κ2) is 5.91. The Morgan fingerprint density at radius 2 is 1.92 bits per heavy atom. The summed E-state index contributed by atoms with van der Waals surface area (Å²) in [6.45, 7) is 2.81. The maximum Gasteiger partial charge on any atom is 0.277 e. The minimum Gasteiger partial charge on any atom is -0.256 e. The number of aryl methyl sites for hydroxylation is 1. The van der Waals surface area contributed by atoms with Crippen LogP contribution in [0.15, 0.2) is 48.7 Å². The van der Waals surface area contributed by atoms with Crippen molar-refractivity contribution in [3.63, 3.8) is 0 Å². The van der Waals surface area contributed by atoms with Gasteiger partial charge >= 0.3 is 0 Å². The summed E-state index contributed by atoms with van der Waals surface area (Å²) < 4.78 is 24.6. The van der Waals surface area contributed by atoms with Gasteiger partial charge in [-0.3, -0.25) is 4.98 Å². The zero-order valence-corrected chi connectivity index (χ0v) is 14.8. The average molecular weight is 353 g/mol. The SMILES string of the molecule is Cc1ccc2c(-c3ccc4c(c3)CN(S(N)(=O)=O)CC4)ccnc2c1. The highest BCUT2D eigenvalue weighted by atomic mass is 32.2. The molecule has 1 aliphatic rings. The van der Waals surface area contributed by atoms with Gasteiger partial charge in [0.15, 0.2) is 0 Å². The van der Waals surface area contributed by atoms with E-state index in [1.807, 2.05) is 12.3 Å².